The van der Waals surface area contributed by atoms with Crippen molar-refractivity contribution in [2.24, 2.45) is 0 Å². The Morgan fingerprint density at radius 1 is 0.647 bits per heavy atom. The second kappa shape index (κ2) is 12.9. The standard InChI is InChI=1S/C18H21NO3.C12H10/c1-4-17(20)19-18(13-9-5-7-11-15(13)21-2)14-10-6-8-12-16(14)22-3;1-3-7-11(8-4-1)12-9-5-2-6-10-12/h5-12,18H,4H2,1-3H3,(H,19,20);1-10H. The minimum atomic E-state index is -0.320. The van der Waals surface area contributed by atoms with Gasteiger partial charge in [-0.1, -0.05) is 104 Å². The number of methoxy groups -OCH3 is 2. The van der Waals surface area contributed by atoms with Crippen LogP contribution < -0.4 is 14.8 Å². The molecule has 174 valence electrons. The van der Waals surface area contributed by atoms with E-state index in [1.807, 2.05) is 67.6 Å². The number of carbonyl (C=O) groups is 1. The molecule has 0 unspecified atom stereocenters. The van der Waals surface area contributed by atoms with E-state index in [0.29, 0.717) is 6.42 Å². The van der Waals surface area contributed by atoms with Gasteiger partial charge >= 0.3 is 0 Å². The first-order valence-corrected chi connectivity index (χ1v) is 11.3. The van der Waals surface area contributed by atoms with Crippen molar-refractivity contribution in [2.45, 2.75) is 19.4 Å². The molecule has 0 aliphatic rings. The molecule has 4 heteroatoms. The summed E-state index contributed by atoms with van der Waals surface area (Å²) in [7, 11) is 3.25. The van der Waals surface area contributed by atoms with Crippen molar-refractivity contribution < 1.29 is 14.3 Å². The van der Waals surface area contributed by atoms with Crippen LogP contribution in [0.4, 0.5) is 0 Å². The summed E-state index contributed by atoms with van der Waals surface area (Å²) >= 11 is 0. The van der Waals surface area contributed by atoms with Gasteiger partial charge in [-0.05, 0) is 23.3 Å². The van der Waals surface area contributed by atoms with Gasteiger partial charge in [-0.2, -0.15) is 0 Å². The molecule has 0 spiro atoms. The van der Waals surface area contributed by atoms with Crippen LogP contribution in [0.2, 0.25) is 0 Å². The Morgan fingerprint density at radius 3 is 1.41 bits per heavy atom. The van der Waals surface area contributed by atoms with E-state index in [9.17, 15) is 4.79 Å². The Kier molecular flexibility index (Phi) is 9.29. The molecule has 4 aromatic rings. The fourth-order valence-corrected chi connectivity index (χ4v) is 3.66. The third-order valence-electron chi connectivity index (χ3n) is 5.41. The number of para-hydroxylation sites is 2. The molecular formula is C30H31NO3. The summed E-state index contributed by atoms with van der Waals surface area (Å²) in [6.07, 6.45) is 0.417. The zero-order valence-electron chi connectivity index (χ0n) is 19.9. The minimum Gasteiger partial charge on any atom is -0.496 e. The second-order valence-electron chi connectivity index (χ2n) is 7.57. The van der Waals surface area contributed by atoms with Crippen LogP contribution in [0.1, 0.15) is 30.5 Å². The number of hydrogen-bond donors (Lipinski definition) is 1. The summed E-state index contributed by atoms with van der Waals surface area (Å²) in [5.74, 6) is 1.44. The third kappa shape index (κ3) is 6.48. The average molecular weight is 454 g/mol. The summed E-state index contributed by atoms with van der Waals surface area (Å²) in [6.45, 7) is 1.83. The van der Waals surface area contributed by atoms with E-state index < -0.39 is 0 Å². The number of hydrogen-bond acceptors (Lipinski definition) is 3. The van der Waals surface area contributed by atoms with Gasteiger partial charge in [0.05, 0.1) is 20.3 Å². The van der Waals surface area contributed by atoms with Gasteiger partial charge in [0.25, 0.3) is 0 Å². The lowest BCUT2D eigenvalue weighted by Gasteiger charge is -2.23. The van der Waals surface area contributed by atoms with E-state index in [2.05, 4.69) is 53.8 Å². The first-order valence-electron chi connectivity index (χ1n) is 11.3. The molecule has 0 heterocycles. The number of carbonyl (C=O) groups excluding carboxylic acids is 1. The molecule has 0 fully saturated rings. The number of amides is 1. The largest absolute Gasteiger partial charge is 0.496 e. The number of benzene rings is 4. The zero-order valence-corrected chi connectivity index (χ0v) is 19.9. The van der Waals surface area contributed by atoms with E-state index in [-0.39, 0.29) is 11.9 Å². The normalized spacial score (nSPS) is 10.1. The monoisotopic (exact) mass is 453 g/mol. The number of rotatable bonds is 7. The Hall–Kier alpha value is -4.05. The molecule has 1 N–H and O–H groups in total. The molecule has 0 bridgehead atoms. The van der Waals surface area contributed by atoms with E-state index in [1.165, 1.54) is 11.1 Å². The van der Waals surface area contributed by atoms with E-state index in [0.717, 1.165) is 22.6 Å². The van der Waals surface area contributed by atoms with Crippen LogP contribution >= 0.6 is 0 Å². The predicted octanol–water partition coefficient (Wildman–Crippen LogP) is 6.67. The van der Waals surface area contributed by atoms with Crippen LogP contribution in [-0.4, -0.2) is 20.1 Å². The van der Waals surface area contributed by atoms with Gasteiger partial charge in [-0.3, -0.25) is 4.79 Å². The Bertz CT molecular complexity index is 1070. The summed E-state index contributed by atoms with van der Waals surface area (Å²) in [4.78, 5) is 12.0. The summed E-state index contributed by atoms with van der Waals surface area (Å²) in [5, 5.41) is 3.05. The summed E-state index contributed by atoms with van der Waals surface area (Å²) in [5.41, 5.74) is 4.35. The molecule has 4 aromatic carbocycles. The van der Waals surface area contributed by atoms with Gasteiger partial charge in [0.1, 0.15) is 11.5 Å². The SMILES string of the molecule is CCC(=O)NC(c1ccccc1OC)c1ccccc1OC.c1ccc(-c2ccccc2)cc1. The summed E-state index contributed by atoms with van der Waals surface area (Å²) < 4.78 is 10.9. The molecule has 1 amide bonds. The van der Waals surface area contributed by atoms with Crippen molar-refractivity contribution in [3.8, 4) is 22.6 Å². The molecule has 0 aliphatic carbocycles. The van der Waals surface area contributed by atoms with Crippen molar-refractivity contribution in [2.75, 3.05) is 14.2 Å². The maximum absolute atomic E-state index is 12.0. The number of ether oxygens (including phenoxy) is 2. The van der Waals surface area contributed by atoms with Crippen LogP contribution in [0, 0.1) is 0 Å². The van der Waals surface area contributed by atoms with E-state index >= 15 is 0 Å². The Labute approximate surface area is 202 Å². The van der Waals surface area contributed by atoms with Gasteiger partial charge in [-0.15, -0.1) is 0 Å². The first-order chi connectivity index (χ1) is 16.7. The van der Waals surface area contributed by atoms with E-state index in [4.69, 9.17) is 9.47 Å². The third-order valence-corrected chi connectivity index (χ3v) is 5.41. The highest BCUT2D eigenvalue weighted by Crippen LogP contribution is 2.34. The molecule has 4 nitrogen and oxygen atoms in total. The van der Waals surface area contributed by atoms with Crippen molar-refractivity contribution in [1.82, 2.24) is 5.32 Å². The molecule has 0 atom stereocenters. The molecular weight excluding hydrogens is 422 g/mol. The fraction of sp³-hybridized carbons (Fsp3) is 0.167. The van der Waals surface area contributed by atoms with Crippen LogP contribution in [0.25, 0.3) is 11.1 Å². The Morgan fingerprint density at radius 2 is 1.03 bits per heavy atom. The Balaban J connectivity index is 0.000000226. The van der Waals surface area contributed by atoms with Crippen LogP contribution in [-0.2, 0) is 4.79 Å². The lowest BCUT2D eigenvalue weighted by atomic mass is 9.96. The quantitative estimate of drug-likeness (QED) is 0.340. The average Bonchev–Trinajstić information content (AvgIpc) is 2.93. The van der Waals surface area contributed by atoms with Crippen molar-refractivity contribution >= 4 is 5.91 Å². The van der Waals surface area contributed by atoms with Crippen LogP contribution in [0.5, 0.6) is 11.5 Å². The maximum Gasteiger partial charge on any atom is 0.220 e. The highest BCUT2D eigenvalue weighted by atomic mass is 16.5. The van der Waals surface area contributed by atoms with Gasteiger partial charge < -0.3 is 14.8 Å². The van der Waals surface area contributed by atoms with Crippen molar-refractivity contribution in [1.29, 1.82) is 0 Å². The van der Waals surface area contributed by atoms with Gasteiger partial charge in [0.2, 0.25) is 5.91 Å². The minimum absolute atomic E-state index is 0.0261. The van der Waals surface area contributed by atoms with E-state index in [1.54, 1.807) is 14.2 Å². The topological polar surface area (TPSA) is 47.6 Å². The fourth-order valence-electron chi connectivity index (χ4n) is 3.66. The van der Waals surface area contributed by atoms with Gasteiger partial charge in [0.15, 0.2) is 0 Å². The first kappa shape index (κ1) is 24.6. The molecule has 0 aromatic heterocycles. The molecule has 34 heavy (non-hydrogen) atoms. The van der Waals surface area contributed by atoms with Crippen LogP contribution in [0.15, 0.2) is 109 Å². The zero-order chi connectivity index (χ0) is 24.2. The van der Waals surface area contributed by atoms with Crippen LogP contribution in [0.3, 0.4) is 0 Å². The highest BCUT2D eigenvalue weighted by molar-refractivity contribution is 5.77. The van der Waals surface area contributed by atoms with Crippen molar-refractivity contribution in [3.05, 3.63) is 120 Å². The summed E-state index contributed by atoms with van der Waals surface area (Å²) in [6, 6.07) is 35.8. The van der Waals surface area contributed by atoms with Crippen molar-refractivity contribution in [3.63, 3.8) is 0 Å². The van der Waals surface area contributed by atoms with Gasteiger partial charge in [-0.25, -0.2) is 0 Å². The molecule has 4 rings (SSSR count). The lowest BCUT2D eigenvalue weighted by molar-refractivity contribution is -0.121. The predicted molar refractivity (Wildman–Crippen MR) is 138 cm³/mol. The highest BCUT2D eigenvalue weighted by Gasteiger charge is 2.22. The molecule has 0 radical (unpaired) electrons. The second-order valence-corrected chi connectivity index (χ2v) is 7.57. The molecule has 0 aliphatic heterocycles. The smallest absolute Gasteiger partial charge is 0.220 e. The maximum atomic E-state index is 12.0. The number of nitrogens with one attached hydrogen (secondary N) is 1. The lowest BCUT2D eigenvalue weighted by Crippen LogP contribution is -2.29. The molecule has 0 saturated carbocycles. The molecule has 0 saturated heterocycles. The van der Waals surface area contributed by atoms with Gasteiger partial charge in [0, 0.05) is 17.5 Å².